The minimum absolute atomic E-state index is 0.0543. The molecule has 2 nitrogen and oxygen atoms in total. The molecule has 0 aliphatic rings. The van der Waals surface area contributed by atoms with Crippen molar-refractivity contribution in [3.05, 3.63) is 170 Å². The van der Waals surface area contributed by atoms with Crippen LogP contribution in [-0.2, 0) is 0 Å². The molecular weight excluding hydrogens is 532 g/mol. The summed E-state index contributed by atoms with van der Waals surface area (Å²) in [5.41, 5.74) is 9.12. The van der Waals surface area contributed by atoms with Crippen LogP contribution in [0.25, 0.3) is 77.2 Å². The second-order valence-electron chi connectivity index (χ2n) is 11.2. The summed E-state index contributed by atoms with van der Waals surface area (Å²) < 4.78 is 32.6. The molecule has 44 heavy (non-hydrogen) atoms. The Labute approximate surface area is 259 Å². The monoisotopic (exact) mass is 563 g/mol. The van der Waals surface area contributed by atoms with Crippen LogP contribution in [0.2, 0.25) is 0 Å². The molecule has 0 saturated heterocycles. The zero-order valence-corrected chi connectivity index (χ0v) is 23.8. The molecule has 0 amide bonds. The molecule has 206 valence electrons. The Bertz CT molecular complexity index is 2640. The third kappa shape index (κ3) is 3.82. The maximum atomic E-state index is 9.61. The van der Waals surface area contributed by atoms with E-state index in [2.05, 4.69) is 83.4 Å². The quantitative estimate of drug-likeness (QED) is 0.202. The van der Waals surface area contributed by atoms with E-state index in [0.717, 1.165) is 60.8 Å². The number of hydrogen-bond acceptors (Lipinski definition) is 0. The van der Waals surface area contributed by atoms with Crippen LogP contribution in [0.15, 0.2) is 170 Å². The van der Waals surface area contributed by atoms with Crippen LogP contribution in [0.4, 0.5) is 0 Å². The standard InChI is InChI=1S/C42H28N2/c1-4-12-29(13-5-1)30-20-23-41-37(26-30)38-28-32(22-25-42(38)44(41)34-16-8-3-9-17-34)31-21-24-40-36(27-31)35-18-10-11-19-39(35)43(40)33-14-6-2-7-15-33/h1-28H/i21D,24D,27D. The van der Waals surface area contributed by atoms with Crippen molar-refractivity contribution in [2.24, 2.45) is 0 Å². The van der Waals surface area contributed by atoms with Gasteiger partial charge >= 0.3 is 0 Å². The minimum atomic E-state index is 0.0543. The molecule has 0 spiro atoms. The molecule has 2 heteroatoms. The maximum Gasteiger partial charge on any atom is 0.0645 e. The second-order valence-corrected chi connectivity index (χ2v) is 11.2. The number of benzene rings is 7. The van der Waals surface area contributed by atoms with E-state index in [1.165, 1.54) is 0 Å². The molecule has 9 aromatic rings. The third-order valence-electron chi connectivity index (χ3n) is 8.62. The number of aromatic nitrogens is 2. The molecule has 7 aromatic carbocycles. The Morgan fingerprint density at radius 1 is 0.341 bits per heavy atom. The van der Waals surface area contributed by atoms with Crippen LogP contribution in [-0.4, -0.2) is 9.13 Å². The molecule has 0 saturated carbocycles. The van der Waals surface area contributed by atoms with Crippen LogP contribution in [0.5, 0.6) is 0 Å². The summed E-state index contributed by atoms with van der Waals surface area (Å²) in [7, 11) is 0. The molecule has 0 unspecified atom stereocenters. The first-order valence-electron chi connectivity index (χ1n) is 16.4. The van der Waals surface area contributed by atoms with E-state index in [4.69, 9.17) is 0 Å². The van der Waals surface area contributed by atoms with E-state index >= 15 is 0 Å². The summed E-state index contributed by atoms with van der Waals surface area (Å²) in [6.07, 6.45) is 0. The van der Waals surface area contributed by atoms with Gasteiger partial charge in [-0.25, -0.2) is 0 Å². The lowest BCUT2D eigenvalue weighted by atomic mass is 9.99. The molecular formula is C42H28N2. The first-order valence-corrected chi connectivity index (χ1v) is 14.9. The van der Waals surface area contributed by atoms with Gasteiger partial charge < -0.3 is 9.13 Å². The lowest BCUT2D eigenvalue weighted by Gasteiger charge is -2.09. The predicted molar refractivity (Wildman–Crippen MR) is 186 cm³/mol. The van der Waals surface area contributed by atoms with Crippen molar-refractivity contribution in [1.29, 1.82) is 0 Å². The van der Waals surface area contributed by atoms with E-state index in [0.29, 0.717) is 16.5 Å². The first-order chi connectivity index (χ1) is 23.1. The van der Waals surface area contributed by atoms with Crippen LogP contribution in [0.3, 0.4) is 0 Å². The Balaban J connectivity index is 1.35. The molecule has 0 N–H and O–H groups in total. The van der Waals surface area contributed by atoms with Crippen LogP contribution in [0.1, 0.15) is 4.11 Å². The molecule has 0 fully saturated rings. The van der Waals surface area contributed by atoms with Gasteiger partial charge in [-0.15, -0.1) is 0 Å². The normalized spacial score (nSPS) is 12.6. The number of fused-ring (bicyclic) bond motifs is 6. The Hall–Kier alpha value is -5.86. The van der Waals surface area contributed by atoms with E-state index in [1.807, 2.05) is 77.4 Å². The van der Waals surface area contributed by atoms with Gasteiger partial charge in [0.1, 0.15) is 0 Å². The van der Waals surface area contributed by atoms with E-state index < -0.39 is 0 Å². The highest BCUT2D eigenvalue weighted by molar-refractivity contribution is 6.13. The maximum absolute atomic E-state index is 9.61. The number of nitrogens with zero attached hydrogens (tertiary/aromatic N) is 2. The van der Waals surface area contributed by atoms with Gasteiger partial charge in [0.15, 0.2) is 0 Å². The average molecular weight is 564 g/mol. The van der Waals surface area contributed by atoms with Gasteiger partial charge in [-0.3, -0.25) is 0 Å². The van der Waals surface area contributed by atoms with Crippen molar-refractivity contribution < 1.29 is 4.11 Å². The summed E-state index contributed by atoms with van der Waals surface area (Å²) in [5.74, 6) is 0. The lowest BCUT2D eigenvalue weighted by molar-refractivity contribution is 1.18. The second kappa shape index (κ2) is 9.86. The summed E-state index contributed by atoms with van der Waals surface area (Å²) in [4.78, 5) is 0. The smallest absolute Gasteiger partial charge is 0.0645 e. The number of para-hydroxylation sites is 3. The zero-order valence-electron chi connectivity index (χ0n) is 26.8. The van der Waals surface area contributed by atoms with Crippen LogP contribution < -0.4 is 0 Å². The van der Waals surface area contributed by atoms with Gasteiger partial charge in [-0.1, -0.05) is 103 Å². The van der Waals surface area contributed by atoms with Crippen LogP contribution in [0, 0.1) is 0 Å². The van der Waals surface area contributed by atoms with Gasteiger partial charge in [-0.2, -0.15) is 0 Å². The highest BCUT2D eigenvalue weighted by Gasteiger charge is 2.16. The molecule has 0 bridgehead atoms. The minimum Gasteiger partial charge on any atom is -0.309 e. The summed E-state index contributed by atoms with van der Waals surface area (Å²) >= 11 is 0. The third-order valence-corrected chi connectivity index (χ3v) is 8.62. The molecule has 2 heterocycles. The topological polar surface area (TPSA) is 9.86 Å². The van der Waals surface area contributed by atoms with Crippen LogP contribution >= 0.6 is 0 Å². The Kier molecular flexibility index (Phi) is 4.88. The van der Waals surface area contributed by atoms with Crippen molar-refractivity contribution in [2.75, 3.05) is 0 Å². The SMILES string of the molecule is [2H]c1c(-c2ccc3c(c2)c2cc(-c4ccccc4)ccc2n3-c2ccccc2)c([2H])c2c3ccccc3n(-c3ccccc3)c2c1[2H]. The highest BCUT2D eigenvalue weighted by atomic mass is 15.0. The molecule has 2 aromatic heterocycles. The average Bonchev–Trinajstić information content (AvgIpc) is 3.65. The highest BCUT2D eigenvalue weighted by Crippen LogP contribution is 2.39. The van der Waals surface area contributed by atoms with Crippen molar-refractivity contribution in [1.82, 2.24) is 9.13 Å². The van der Waals surface area contributed by atoms with Crippen molar-refractivity contribution in [3.63, 3.8) is 0 Å². The molecule has 0 aliphatic carbocycles. The van der Waals surface area contributed by atoms with E-state index in [-0.39, 0.29) is 18.1 Å². The lowest BCUT2D eigenvalue weighted by Crippen LogP contribution is -1.93. The summed E-state index contributed by atoms with van der Waals surface area (Å²) in [6.45, 7) is 0. The number of hydrogen-bond donors (Lipinski definition) is 0. The molecule has 0 aliphatic heterocycles. The first kappa shape index (κ1) is 21.8. The van der Waals surface area contributed by atoms with Gasteiger partial charge in [-0.05, 0) is 88.9 Å². The fraction of sp³-hybridized carbons (Fsp3) is 0. The van der Waals surface area contributed by atoms with Gasteiger partial charge in [0, 0.05) is 32.9 Å². The molecule has 9 rings (SSSR count). The molecule has 0 radical (unpaired) electrons. The Morgan fingerprint density at radius 2 is 0.841 bits per heavy atom. The van der Waals surface area contributed by atoms with E-state index in [1.54, 1.807) is 0 Å². The largest absolute Gasteiger partial charge is 0.309 e. The van der Waals surface area contributed by atoms with Crippen molar-refractivity contribution in [3.8, 4) is 33.6 Å². The predicted octanol–water partition coefficient (Wildman–Crippen LogP) is 11.2. The van der Waals surface area contributed by atoms with Crippen molar-refractivity contribution in [2.45, 2.75) is 0 Å². The zero-order chi connectivity index (χ0) is 31.6. The summed E-state index contributed by atoms with van der Waals surface area (Å²) in [6, 6.07) is 51.9. The van der Waals surface area contributed by atoms with Gasteiger partial charge in [0.2, 0.25) is 0 Å². The van der Waals surface area contributed by atoms with E-state index in [9.17, 15) is 4.11 Å². The summed E-state index contributed by atoms with van der Waals surface area (Å²) in [5, 5.41) is 3.73. The Morgan fingerprint density at radius 3 is 1.48 bits per heavy atom. The molecule has 0 atom stereocenters. The van der Waals surface area contributed by atoms with Gasteiger partial charge in [0.05, 0.1) is 26.2 Å². The fourth-order valence-electron chi connectivity index (χ4n) is 6.60. The van der Waals surface area contributed by atoms with Crippen molar-refractivity contribution >= 4 is 43.6 Å². The number of rotatable bonds is 4. The van der Waals surface area contributed by atoms with Gasteiger partial charge in [0.25, 0.3) is 0 Å². The fourth-order valence-corrected chi connectivity index (χ4v) is 6.60.